The predicted octanol–water partition coefficient (Wildman–Crippen LogP) is 1.55. The Bertz CT molecular complexity index is 384. The van der Waals surface area contributed by atoms with E-state index in [9.17, 15) is 8.42 Å². The molecule has 0 aromatic heterocycles. The minimum absolute atomic E-state index is 0.149. The lowest BCUT2D eigenvalue weighted by Gasteiger charge is -2.14. The van der Waals surface area contributed by atoms with E-state index < -0.39 is 10.0 Å². The molecule has 1 aliphatic carbocycles. The van der Waals surface area contributed by atoms with Crippen LogP contribution in [0.5, 0.6) is 0 Å². The summed E-state index contributed by atoms with van der Waals surface area (Å²) in [4.78, 5) is 0. The van der Waals surface area contributed by atoms with Crippen molar-refractivity contribution in [3.63, 3.8) is 0 Å². The van der Waals surface area contributed by atoms with Crippen LogP contribution in [0.4, 0.5) is 0 Å². The van der Waals surface area contributed by atoms with Crippen LogP contribution in [-0.2, 0) is 10.0 Å². The maximum atomic E-state index is 11.9. The molecule has 0 amide bonds. The number of rotatable bonds is 6. The molecule has 1 saturated heterocycles. The van der Waals surface area contributed by atoms with Crippen LogP contribution in [-0.4, -0.2) is 33.3 Å². The third-order valence-corrected chi connectivity index (χ3v) is 5.22. The zero-order valence-corrected chi connectivity index (χ0v) is 11.8. The standard InChI is InChI=1S/C13H24N2O2S/c16-18(17,11-13-7-4-9-14-13)15-10-8-12-5-2-1-3-6-12/h5,13-15H,1-4,6-11H2. The van der Waals surface area contributed by atoms with Crippen molar-refractivity contribution in [2.45, 2.75) is 51.0 Å². The molecular weight excluding hydrogens is 248 g/mol. The van der Waals surface area contributed by atoms with Gasteiger partial charge in [-0.2, -0.15) is 0 Å². The van der Waals surface area contributed by atoms with Crippen molar-refractivity contribution < 1.29 is 8.42 Å². The lowest BCUT2D eigenvalue weighted by molar-refractivity contribution is 0.562. The van der Waals surface area contributed by atoms with E-state index in [0.717, 1.165) is 38.6 Å². The van der Waals surface area contributed by atoms with Gasteiger partial charge in [0, 0.05) is 12.6 Å². The van der Waals surface area contributed by atoms with Gasteiger partial charge in [-0.3, -0.25) is 0 Å². The molecule has 2 N–H and O–H groups in total. The number of sulfonamides is 1. The minimum atomic E-state index is -3.11. The first-order valence-electron chi connectivity index (χ1n) is 7.04. The molecule has 1 atom stereocenters. The van der Waals surface area contributed by atoms with E-state index in [0.29, 0.717) is 6.54 Å². The minimum Gasteiger partial charge on any atom is -0.313 e. The van der Waals surface area contributed by atoms with E-state index in [-0.39, 0.29) is 11.8 Å². The Morgan fingerprint density at radius 1 is 1.33 bits per heavy atom. The molecule has 1 fully saturated rings. The molecule has 5 heteroatoms. The van der Waals surface area contributed by atoms with E-state index >= 15 is 0 Å². The van der Waals surface area contributed by atoms with Crippen LogP contribution in [0.15, 0.2) is 11.6 Å². The topological polar surface area (TPSA) is 58.2 Å². The van der Waals surface area contributed by atoms with Gasteiger partial charge < -0.3 is 5.32 Å². The number of hydrogen-bond acceptors (Lipinski definition) is 3. The lowest BCUT2D eigenvalue weighted by atomic mass is 9.97. The van der Waals surface area contributed by atoms with Crippen molar-refractivity contribution in [3.8, 4) is 0 Å². The molecule has 1 aliphatic heterocycles. The maximum absolute atomic E-state index is 11.9. The fourth-order valence-corrected chi connectivity index (χ4v) is 4.07. The Kier molecular flexibility index (Phi) is 5.21. The predicted molar refractivity (Wildman–Crippen MR) is 74.0 cm³/mol. The quantitative estimate of drug-likeness (QED) is 0.721. The summed E-state index contributed by atoms with van der Waals surface area (Å²) in [6.07, 6.45) is 10.1. The summed E-state index contributed by atoms with van der Waals surface area (Å²) >= 11 is 0. The second-order valence-corrected chi connectivity index (χ2v) is 7.18. The summed E-state index contributed by atoms with van der Waals surface area (Å²) in [5, 5.41) is 3.22. The molecule has 104 valence electrons. The van der Waals surface area contributed by atoms with Gasteiger partial charge in [0.1, 0.15) is 0 Å². The van der Waals surface area contributed by atoms with Crippen molar-refractivity contribution >= 4 is 10.0 Å². The Morgan fingerprint density at radius 3 is 2.89 bits per heavy atom. The third-order valence-electron chi connectivity index (χ3n) is 3.74. The van der Waals surface area contributed by atoms with Crippen LogP contribution in [0.3, 0.4) is 0 Å². The van der Waals surface area contributed by atoms with E-state index in [1.165, 1.54) is 18.4 Å². The SMILES string of the molecule is O=S(=O)(CC1CCCN1)NCCC1=CCCCC1. The summed E-state index contributed by atoms with van der Waals surface area (Å²) in [6.45, 7) is 1.51. The molecule has 0 spiro atoms. The highest BCUT2D eigenvalue weighted by atomic mass is 32.2. The Balaban J connectivity index is 1.69. The van der Waals surface area contributed by atoms with Gasteiger partial charge in [0.2, 0.25) is 10.0 Å². The van der Waals surface area contributed by atoms with Crippen molar-refractivity contribution in [2.75, 3.05) is 18.8 Å². The van der Waals surface area contributed by atoms with Crippen LogP contribution < -0.4 is 10.0 Å². The summed E-state index contributed by atoms with van der Waals surface area (Å²) in [5.74, 6) is 0.228. The number of allylic oxidation sites excluding steroid dienone is 1. The second kappa shape index (κ2) is 6.68. The molecule has 4 nitrogen and oxygen atoms in total. The zero-order chi connectivity index (χ0) is 12.8. The van der Waals surface area contributed by atoms with Gasteiger partial charge >= 0.3 is 0 Å². The Morgan fingerprint density at radius 2 is 2.22 bits per heavy atom. The molecular formula is C13H24N2O2S. The van der Waals surface area contributed by atoms with Crippen LogP contribution in [0.1, 0.15) is 44.9 Å². The summed E-state index contributed by atoms with van der Waals surface area (Å²) in [7, 11) is -3.11. The van der Waals surface area contributed by atoms with E-state index in [1.807, 2.05) is 0 Å². The first kappa shape index (κ1) is 14.0. The van der Waals surface area contributed by atoms with Crippen molar-refractivity contribution in [1.29, 1.82) is 0 Å². The van der Waals surface area contributed by atoms with Gasteiger partial charge in [0.05, 0.1) is 5.75 Å². The van der Waals surface area contributed by atoms with E-state index in [4.69, 9.17) is 0 Å². The first-order valence-corrected chi connectivity index (χ1v) is 8.69. The average Bonchev–Trinajstić information content (AvgIpc) is 2.82. The van der Waals surface area contributed by atoms with Gasteiger partial charge in [0.15, 0.2) is 0 Å². The maximum Gasteiger partial charge on any atom is 0.213 e. The number of hydrogen-bond donors (Lipinski definition) is 2. The van der Waals surface area contributed by atoms with Crippen LogP contribution in [0.25, 0.3) is 0 Å². The average molecular weight is 272 g/mol. The van der Waals surface area contributed by atoms with Crippen molar-refractivity contribution in [3.05, 3.63) is 11.6 Å². The lowest BCUT2D eigenvalue weighted by Crippen LogP contribution is -2.37. The smallest absolute Gasteiger partial charge is 0.213 e. The molecule has 18 heavy (non-hydrogen) atoms. The summed E-state index contributed by atoms with van der Waals surface area (Å²) in [5.41, 5.74) is 1.42. The molecule has 0 aromatic rings. The van der Waals surface area contributed by atoms with Crippen molar-refractivity contribution in [1.82, 2.24) is 10.0 Å². The van der Waals surface area contributed by atoms with E-state index in [1.54, 1.807) is 0 Å². The van der Waals surface area contributed by atoms with Crippen molar-refractivity contribution in [2.24, 2.45) is 0 Å². The largest absolute Gasteiger partial charge is 0.313 e. The highest BCUT2D eigenvalue weighted by Crippen LogP contribution is 2.19. The van der Waals surface area contributed by atoms with Gasteiger partial charge in [-0.25, -0.2) is 13.1 Å². The first-order chi connectivity index (χ1) is 8.66. The molecule has 2 aliphatic rings. The Hall–Kier alpha value is -0.390. The third kappa shape index (κ3) is 4.71. The van der Waals surface area contributed by atoms with Gasteiger partial charge in [-0.1, -0.05) is 11.6 Å². The fourth-order valence-electron chi connectivity index (χ4n) is 2.72. The normalized spacial score (nSPS) is 25.1. The highest BCUT2D eigenvalue weighted by molar-refractivity contribution is 7.89. The van der Waals surface area contributed by atoms with Gasteiger partial charge in [-0.15, -0.1) is 0 Å². The molecule has 1 unspecified atom stereocenters. The van der Waals surface area contributed by atoms with Gasteiger partial charge in [0.25, 0.3) is 0 Å². The van der Waals surface area contributed by atoms with Crippen LogP contribution in [0, 0.1) is 0 Å². The van der Waals surface area contributed by atoms with Crippen LogP contribution >= 0.6 is 0 Å². The molecule has 0 radical (unpaired) electrons. The summed E-state index contributed by atoms with van der Waals surface area (Å²) < 4.78 is 26.4. The fraction of sp³-hybridized carbons (Fsp3) is 0.846. The monoisotopic (exact) mass is 272 g/mol. The second-order valence-electron chi connectivity index (χ2n) is 5.33. The van der Waals surface area contributed by atoms with Gasteiger partial charge in [-0.05, 0) is 51.5 Å². The summed E-state index contributed by atoms with van der Waals surface area (Å²) in [6, 6.07) is 0.149. The Labute approximate surface area is 110 Å². The number of nitrogens with one attached hydrogen (secondary N) is 2. The zero-order valence-electron chi connectivity index (χ0n) is 11.0. The molecule has 1 heterocycles. The molecule has 0 saturated carbocycles. The van der Waals surface area contributed by atoms with E-state index in [2.05, 4.69) is 16.1 Å². The molecule has 0 aromatic carbocycles. The molecule has 0 bridgehead atoms. The van der Waals surface area contributed by atoms with Crippen LogP contribution in [0.2, 0.25) is 0 Å². The highest BCUT2D eigenvalue weighted by Gasteiger charge is 2.21. The molecule has 2 rings (SSSR count).